The Morgan fingerprint density at radius 3 is 2.46 bits per heavy atom. The minimum Gasteiger partial charge on any atom is -0.415 e. The molecule has 0 radical (unpaired) electrons. The van der Waals surface area contributed by atoms with E-state index in [1.165, 1.54) is 0 Å². The maximum atomic E-state index is 5.74. The van der Waals surface area contributed by atoms with E-state index in [0.29, 0.717) is 6.61 Å². The molecule has 0 N–H and O–H groups in total. The van der Waals surface area contributed by atoms with Gasteiger partial charge in [0.1, 0.15) is 0 Å². The van der Waals surface area contributed by atoms with Crippen molar-refractivity contribution < 1.29 is 9.16 Å². The van der Waals surface area contributed by atoms with E-state index in [1.807, 2.05) is 6.92 Å². The Morgan fingerprint density at radius 2 is 2.00 bits per heavy atom. The number of hydrogen-bond donors (Lipinski definition) is 0. The lowest BCUT2D eigenvalue weighted by Gasteiger charge is -2.22. The first-order valence-electron chi connectivity index (χ1n) is 4.84. The van der Waals surface area contributed by atoms with E-state index in [0.717, 1.165) is 24.8 Å². The number of rotatable bonds is 7. The van der Waals surface area contributed by atoms with Gasteiger partial charge in [0.15, 0.2) is 0 Å². The van der Waals surface area contributed by atoms with Gasteiger partial charge in [-0.05, 0) is 26.4 Å². The fraction of sp³-hybridized carbons (Fsp3) is 0.800. The van der Waals surface area contributed by atoms with Crippen molar-refractivity contribution in [1.29, 1.82) is 0 Å². The molecular formula is C10H22O2Si. The van der Waals surface area contributed by atoms with Crippen LogP contribution in [0.4, 0.5) is 0 Å². The molecule has 0 spiro atoms. The van der Waals surface area contributed by atoms with Gasteiger partial charge in [-0.2, -0.15) is 0 Å². The quantitative estimate of drug-likeness (QED) is 0.467. The molecule has 0 unspecified atom stereocenters. The summed E-state index contributed by atoms with van der Waals surface area (Å²) in [5, 5.41) is 0. The number of hydrogen-bond acceptors (Lipinski definition) is 2. The molecule has 0 saturated carbocycles. The monoisotopic (exact) mass is 202 g/mol. The molecule has 0 aromatic heterocycles. The van der Waals surface area contributed by atoms with Crippen LogP contribution in [0.25, 0.3) is 0 Å². The SMILES string of the molecule is C=C(C)COC[Si](C)(C)OCCC. The summed E-state index contributed by atoms with van der Waals surface area (Å²) in [7, 11) is -1.55. The molecule has 3 heteroatoms. The molecule has 0 aliphatic heterocycles. The van der Waals surface area contributed by atoms with Crippen molar-refractivity contribution in [2.75, 3.05) is 19.4 Å². The highest BCUT2D eigenvalue weighted by Crippen LogP contribution is 2.06. The Balaban J connectivity index is 3.56. The van der Waals surface area contributed by atoms with Crippen molar-refractivity contribution >= 4 is 8.32 Å². The molecule has 0 aromatic rings. The zero-order valence-corrected chi connectivity index (χ0v) is 10.4. The topological polar surface area (TPSA) is 18.5 Å². The zero-order chi connectivity index (χ0) is 10.3. The van der Waals surface area contributed by atoms with Crippen LogP contribution in [-0.4, -0.2) is 27.8 Å². The largest absolute Gasteiger partial charge is 0.415 e. The van der Waals surface area contributed by atoms with Gasteiger partial charge in [-0.1, -0.05) is 19.1 Å². The molecule has 0 atom stereocenters. The summed E-state index contributed by atoms with van der Waals surface area (Å²) in [6.45, 7) is 13.8. The molecule has 0 rings (SSSR count). The van der Waals surface area contributed by atoms with Crippen LogP contribution in [0.2, 0.25) is 13.1 Å². The van der Waals surface area contributed by atoms with Crippen LogP contribution in [0.1, 0.15) is 20.3 Å². The second-order valence-electron chi connectivity index (χ2n) is 4.06. The summed E-state index contributed by atoms with van der Waals surface area (Å²) < 4.78 is 11.2. The molecule has 0 heterocycles. The third kappa shape index (κ3) is 8.21. The summed E-state index contributed by atoms with van der Waals surface area (Å²) in [4.78, 5) is 0. The standard InChI is InChI=1S/C10H22O2Si/c1-6-7-12-13(4,5)9-11-8-10(2)3/h2,6-9H2,1,3-5H3. The summed E-state index contributed by atoms with van der Waals surface area (Å²) in [6, 6.07) is 0. The lowest BCUT2D eigenvalue weighted by Crippen LogP contribution is -2.37. The van der Waals surface area contributed by atoms with Crippen LogP contribution in [0.3, 0.4) is 0 Å². The smallest absolute Gasteiger partial charge is 0.211 e. The average Bonchev–Trinajstić information content (AvgIpc) is 2.00. The minimum atomic E-state index is -1.55. The highest BCUT2D eigenvalue weighted by atomic mass is 28.4. The molecular weight excluding hydrogens is 180 g/mol. The molecule has 0 aliphatic rings. The predicted octanol–water partition coefficient (Wildman–Crippen LogP) is 2.75. The van der Waals surface area contributed by atoms with Gasteiger partial charge in [0, 0.05) is 6.61 Å². The summed E-state index contributed by atoms with van der Waals surface area (Å²) in [5.41, 5.74) is 1.07. The van der Waals surface area contributed by atoms with Crippen LogP contribution in [0.15, 0.2) is 12.2 Å². The van der Waals surface area contributed by atoms with E-state index in [4.69, 9.17) is 9.16 Å². The van der Waals surface area contributed by atoms with Gasteiger partial charge in [0.25, 0.3) is 0 Å². The second kappa shape index (κ2) is 6.35. The highest BCUT2D eigenvalue weighted by molar-refractivity contribution is 6.71. The van der Waals surface area contributed by atoms with Crippen LogP contribution >= 0.6 is 0 Å². The Morgan fingerprint density at radius 1 is 1.38 bits per heavy atom. The Bertz CT molecular complexity index is 155. The molecule has 0 saturated heterocycles. The molecule has 2 nitrogen and oxygen atoms in total. The molecule has 0 aliphatic carbocycles. The summed E-state index contributed by atoms with van der Waals surface area (Å²) in [5.74, 6) is 0. The van der Waals surface area contributed by atoms with Gasteiger partial charge in [0.2, 0.25) is 8.32 Å². The van der Waals surface area contributed by atoms with Crippen LogP contribution in [0.5, 0.6) is 0 Å². The lowest BCUT2D eigenvalue weighted by atomic mass is 10.4. The third-order valence-corrected chi connectivity index (χ3v) is 3.38. The van der Waals surface area contributed by atoms with E-state index in [-0.39, 0.29) is 0 Å². The predicted molar refractivity (Wildman–Crippen MR) is 59.4 cm³/mol. The fourth-order valence-corrected chi connectivity index (χ4v) is 2.32. The van der Waals surface area contributed by atoms with Gasteiger partial charge in [0.05, 0.1) is 12.8 Å². The maximum absolute atomic E-state index is 5.74. The van der Waals surface area contributed by atoms with Crippen molar-refractivity contribution in [2.45, 2.75) is 33.4 Å². The highest BCUT2D eigenvalue weighted by Gasteiger charge is 2.22. The van der Waals surface area contributed by atoms with Gasteiger partial charge in [-0.3, -0.25) is 0 Å². The van der Waals surface area contributed by atoms with E-state index in [9.17, 15) is 0 Å². The molecule has 78 valence electrons. The summed E-state index contributed by atoms with van der Waals surface area (Å²) >= 11 is 0. The van der Waals surface area contributed by atoms with Crippen molar-refractivity contribution in [1.82, 2.24) is 0 Å². The third-order valence-electron chi connectivity index (χ3n) is 1.50. The van der Waals surface area contributed by atoms with E-state index < -0.39 is 8.32 Å². The first-order chi connectivity index (χ1) is 5.98. The van der Waals surface area contributed by atoms with Gasteiger partial charge in [-0.15, -0.1) is 0 Å². The number of ether oxygens (including phenoxy) is 1. The Kier molecular flexibility index (Phi) is 6.29. The first kappa shape index (κ1) is 12.9. The van der Waals surface area contributed by atoms with Gasteiger partial charge in [-0.25, -0.2) is 0 Å². The van der Waals surface area contributed by atoms with Crippen molar-refractivity contribution in [2.24, 2.45) is 0 Å². The van der Waals surface area contributed by atoms with Crippen molar-refractivity contribution in [3.8, 4) is 0 Å². The van der Waals surface area contributed by atoms with Gasteiger partial charge < -0.3 is 9.16 Å². The molecule has 13 heavy (non-hydrogen) atoms. The zero-order valence-electron chi connectivity index (χ0n) is 9.35. The minimum absolute atomic E-state index is 0.659. The molecule has 0 amide bonds. The Labute approximate surface area is 83.1 Å². The van der Waals surface area contributed by atoms with Crippen molar-refractivity contribution in [3.05, 3.63) is 12.2 Å². The second-order valence-corrected chi connectivity index (χ2v) is 8.15. The molecule has 0 fully saturated rings. The summed E-state index contributed by atoms with van der Waals surface area (Å²) in [6.07, 6.45) is 1.84. The normalized spacial score (nSPS) is 11.7. The van der Waals surface area contributed by atoms with Crippen LogP contribution in [-0.2, 0) is 9.16 Å². The van der Waals surface area contributed by atoms with E-state index >= 15 is 0 Å². The van der Waals surface area contributed by atoms with E-state index in [2.05, 4.69) is 26.6 Å². The first-order valence-corrected chi connectivity index (χ1v) is 7.95. The average molecular weight is 202 g/mol. The molecule has 0 bridgehead atoms. The van der Waals surface area contributed by atoms with Gasteiger partial charge >= 0.3 is 0 Å². The molecule has 0 aromatic carbocycles. The Hall–Kier alpha value is -0.123. The van der Waals surface area contributed by atoms with E-state index in [1.54, 1.807) is 0 Å². The van der Waals surface area contributed by atoms with Crippen molar-refractivity contribution in [3.63, 3.8) is 0 Å². The van der Waals surface area contributed by atoms with Crippen LogP contribution in [0, 0.1) is 0 Å². The van der Waals surface area contributed by atoms with Crippen LogP contribution < -0.4 is 0 Å². The maximum Gasteiger partial charge on any atom is 0.211 e. The fourth-order valence-electron chi connectivity index (χ4n) is 0.891. The lowest BCUT2D eigenvalue weighted by molar-refractivity contribution is 0.174.